The van der Waals surface area contributed by atoms with Gasteiger partial charge in [0, 0.05) is 12.8 Å². The molecule has 1 aromatic rings. The summed E-state index contributed by atoms with van der Waals surface area (Å²) in [6.45, 7) is 3.90. The van der Waals surface area contributed by atoms with Gasteiger partial charge >= 0.3 is 0 Å². The molecule has 0 spiro atoms. The van der Waals surface area contributed by atoms with Crippen LogP contribution in [0.25, 0.3) is 0 Å². The Hall–Kier alpha value is -1.88. The van der Waals surface area contributed by atoms with Crippen LogP contribution in [-0.4, -0.2) is 11.8 Å². The smallest absolute Gasteiger partial charge is 0.233 e. The molecule has 2 amide bonds. The normalized spacial score (nSPS) is 10.9. The predicted molar refractivity (Wildman–Crippen MR) is 73.8 cm³/mol. The van der Waals surface area contributed by atoms with Crippen molar-refractivity contribution in [2.75, 3.05) is 0 Å². The van der Waals surface area contributed by atoms with Gasteiger partial charge in [0.1, 0.15) is 0 Å². The second-order valence-corrected chi connectivity index (χ2v) is 4.96. The molecule has 0 saturated carbocycles. The maximum absolute atomic E-state index is 11.8. The van der Waals surface area contributed by atoms with Crippen molar-refractivity contribution >= 4 is 11.8 Å². The predicted octanol–water partition coefficient (Wildman–Crippen LogP) is 1.20. The third-order valence-electron chi connectivity index (χ3n) is 2.92. The molecule has 0 radical (unpaired) electrons. The van der Waals surface area contributed by atoms with Crippen molar-refractivity contribution in [3.05, 3.63) is 35.9 Å². The Bertz CT molecular complexity index is 430. The van der Waals surface area contributed by atoms with Gasteiger partial charge in [-0.1, -0.05) is 30.3 Å². The molecule has 4 N–H and O–H groups in total. The lowest BCUT2D eigenvalue weighted by Gasteiger charge is -2.27. The maximum Gasteiger partial charge on any atom is 0.233 e. The highest BCUT2D eigenvalue weighted by molar-refractivity contribution is 5.79. The molecule has 1 aromatic carbocycles. The van der Waals surface area contributed by atoms with Crippen LogP contribution in [0.5, 0.6) is 0 Å². The second kappa shape index (κ2) is 6.89. The number of hydrogen-bond donors (Lipinski definition) is 3. The summed E-state index contributed by atoms with van der Waals surface area (Å²) in [6, 6.07) is 9.76. The lowest BCUT2D eigenvalue weighted by atomic mass is 9.94. The minimum Gasteiger partial charge on any atom is -0.347 e. The number of hydrogen-bond acceptors (Lipinski definition) is 3. The zero-order valence-electron chi connectivity index (χ0n) is 11.4. The van der Waals surface area contributed by atoms with Crippen LogP contribution >= 0.6 is 0 Å². The lowest BCUT2D eigenvalue weighted by Crippen LogP contribution is -2.41. The summed E-state index contributed by atoms with van der Waals surface area (Å²) < 4.78 is 0. The quantitative estimate of drug-likeness (QED) is 0.409. The van der Waals surface area contributed by atoms with E-state index in [1.165, 1.54) is 0 Å². The highest BCUT2D eigenvalue weighted by Gasteiger charge is 2.22. The molecule has 19 heavy (non-hydrogen) atoms. The van der Waals surface area contributed by atoms with Gasteiger partial charge in [-0.15, -0.1) is 0 Å². The van der Waals surface area contributed by atoms with Crippen molar-refractivity contribution in [3.8, 4) is 0 Å². The number of amides is 2. The highest BCUT2D eigenvalue weighted by Crippen LogP contribution is 2.19. The molecule has 5 nitrogen and oxygen atoms in total. The van der Waals surface area contributed by atoms with E-state index < -0.39 is 5.54 Å². The van der Waals surface area contributed by atoms with Crippen LogP contribution in [0.2, 0.25) is 0 Å². The first kappa shape index (κ1) is 15.2. The summed E-state index contributed by atoms with van der Waals surface area (Å²) >= 11 is 0. The summed E-state index contributed by atoms with van der Waals surface area (Å²) in [7, 11) is 0. The minimum absolute atomic E-state index is 0.0707. The number of nitrogens with one attached hydrogen (secondary N) is 2. The van der Waals surface area contributed by atoms with Gasteiger partial charge in [-0.05, 0) is 25.8 Å². The fraction of sp³-hybridized carbons (Fsp3) is 0.429. The molecule has 0 aliphatic heterocycles. The molecule has 5 heteroatoms. The Morgan fingerprint density at radius 2 is 1.68 bits per heavy atom. The fourth-order valence-electron chi connectivity index (χ4n) is 1.82. The van der Waals surface area contributed by atoms with Crippen molar-refractivity contribution in [1.82, 2.24) is 10.7 Å². The first-order chi connectivity index (χ1) is 8.95. The summed E-state index contributed by atoms with van der Waals surface area (Å²) in [6.07, 6.45) is 1.05. The molecule has 0 aromatic heterocycles. The molecule has 0 aliphatic carbocycles. The van der Waals surface area contributed by atoms with E-state index in [0.29, 0.717) is 12.8 Å². The highest BCUT2D eigenvalue weighted by atomic mass is 16.2. The third kappa shape index (κ3) is 5.09. The van der Waals surface area contributed by atoms with E-state index in [-0.39, 0.29) is 18.2 Å². The summed E-state index contributed by atoms with van der Waals surface area (Å²) in [5, 5.41) is 2.96. The lowest BCUT2D eigenvalue weighted by molar-refractivity contribution is -0.123. The number of carbonyl (C=O) groups is 2. The minimum atomic E-state index is -0.422. The standard InChI is InChI=1S/C14H21N3O2/c1-14(2,11-7-4-3-5-8-11)16-12(18)9-6-10-13(19)17-15/h3-5,7-8H,6,9-10,15H2,1-2H3,(H,16,18)(H,17,19). The number of hydrazine groups is 1. The van der Waals surface area contributed by atoms with Gasteiger partial charge in [0.2, 0.25) is 11.8 Å². The molecule has 0 bridgehead atoms. The van der Waals surface area contributed by atoms with Gasteiger partial charge in [-0.3, -0.25) is 15.0 Å². The first-order valence-corrected chi connectivity index (χ1v) is 6.31. The van der Waals surface area contributed by atoms with E-state index in [4.69, 9.17) is 5.84 Å². The monoisotopic (exact) mass is 263 g/mol. The van der Waals surface area contributed by atoms with E-state index in [9.17, 15) is 9.59 Å². The number of rotatable bonds is 6. The molecule has 0 heterocycles. The molecule has 0 saturated heterocycles. The summed E-state index contributed by atoms with van der Waals surface area (Å²) in [4.78, 5) is 22.8. The Labute approximate surface area is 113 Å². The molecule has 0 unspecified atom stereocenters. The molecule has 104 valence electrons. The van der Waals surface area contributed by atoms with Gasteiger partial charge in [-0.25, -0.2) is 5.84 Å². The van der Waals surface area contributed by atoms with Crippen LogP contribution in [0.4, 0.5) is 0 Å². The van der Waals surface area contributed by atoms with Crippen LogP contribution < -0.4 is 16.6 Å². The molecular formula is C14H21N3O2. The summed E-state index contributed by atoms with van der Waals surface area (Å²) in [5.74, 6) is 4.64. The Morgan fingerprint density at radius 1 is 1.11 bits per heavy atom. The summed E-state index contributed by atoms with van der Waals surface area (Å²) in [5.41, 5.74) is 2.66. The van der Waals surface area contributed by atoms with Crippen molar-refractivity contribution in [1.29, 1.82) is 0 Å². The average Bonchev–Trinajstić information content (AvgIpc) is 2.39. The Kier molecular flexibility index (Phi) is 5.51. The van der Waals surface area contributed by atoms with E-state index in [0.717, 1.165) is 5.56 Å². The molecule has 0 atom stereocenters. The van der Waals surface area contributed by atoms with Crippen molar-refractivity contribution < 1.29 is 9.59 Å². The van der Waals surface area contributed by atoms with Crippen molar-refractivity contribution in [3.63, 3.8) is 0 Å². The van der Waals surface area contributed by atoms with Gasteiger partial charge in [0.15, 0.2) is 0 Å². The van der Waals surface area contributed by atoms with E-state index >= 15 is 0 Å². The molecule has 0 fully saturated rings. The van der Waals surface area contributed by atoms with Crippen LogP contribution in [-0.2, 0) is 15.1 Å². The second-order valence-electron chi connectivity index (χ2n) is 4.96. The Balaban J connectivity index is 2.45. The van der Waals surface area contributed by atoms with Gasteiger partial charge in [0.05, 0.1) is 5.54 Å². The molecule has 0 aliphatic rings. The third-order valence-corrected chi connectivity index (χ3v) is 2.92. The fourth-order valence-corrected chi connectivity index (χ4v) is 1.82. The SMILES string of the molecule is CC(C)(NC(=O)CCCC(=O)NN)c1ccccc1. The zero-order chi connectivity index (χ0) is 14.3. The number of benzene rings is 1. The van der Waals surface area contributed by atoms with Gasteiger partial charge in [-0.2, -0.15) is 0 Å². The van der Waals surface area contributed by atoms with Crippen LogP contribution in [0.1, 0.15) is 38.7 Å². The van der Waals surface area contributed by atoms with Crippen molar-refractivity contribution in [2.24, 2.45) is 5.84 Å². The van der Waals surface area contributed by atoms with Gasteiger partial charge in [0.25, 0.3) is 0 Å². The van der Waals surface area contributed by atoms with E-state index in [2.05, 4.69) is 5.32 Å². The van der Waals surface area contributed by atoms with Crippen LogP contribution in [0.15, 0.2) is 30.3 Å². The average molecular weight is 263 g/mol. The topological polar surface area (TPSA) is 84.2 Å². The Morgan fingerprint density at radius 3 is 2.26 bits per heavy atom. The molecular weight excluding hydrogens is 242 g/mol. The van der Waals surface area contributed by atoms with E-state index in [1.807, 2.05) is 49.6 Å². The first-order valence-electron chi connectivity index (χ1n) is 6.31. The zero-order valence-corrected chi connectivity index (χ0v) is 11.4. The number of nitrogens with two attached hydrogens (primary N) is 1. The van der Waals surface area contributed by atoms with Gasteiger partial charge < -0.3 is 5.32 Å². The molecule has 1 rings (SSSR count). The van der Waals surface area contributed by atoms with Crippen molar-refractivity contribution in [2.45, 2.75) is 38.6 Å². The maximum atomic E-state index is 11.8. The largest absolute Gasteiger partial charge is 0.347 e. The van der Waals surface area contributed by atoms with E-state index in [1.54, 1.807) is 0 Å². The number of carbonyl (C=O) groups excluding carboxylic acids is 2. The van der Waals surface area contributed by atoms with Crippen LogP contribution in [0, 0.1) is 0 Å². The van der Waals surface area contributed by atoms with Crippen LogP contribution in [0.3, 0.4) is 0 Å².